The zero-order valence-corrected chi connectivity index (χ0v) is 18.3. The lowest BCUT2D eigenvalue weighted by atomic mass is 9.85. The minimum absolute atomic E-state index is 0.0257. The number of likely N-dealkylation sites (N-methyl/N-ethyl adjacent to an activating group) is 1. The van der Waals surface area contributed by atoms with Crippen LogP contribution in [0.1, 0.15) is 29.5 Å². The summed E-state index contributed by atoms with van der Waals surface area (Å²) in [7, 11) is 3.85. The van der Waals surface area contributed by atoms with Crippen LogP contribution in [0.3, 0.4) is 0 Å². The second-order valence-corrected chi connectivity index (χ2v) is 8.17. The maximum absolute atomic E-state index is 13.3. The van der Waals surface area contributed by atoms with Crippen LogP contribution in [0, 0.1) is 13.8 Å². The smallest absolute Gasteiger partial charge is 0.410 e. The first-order valence-corrected chi connectivity index (χ1v) is 10.3. The molecule has 1 N–H and O–H groups in total. The monoisotopic (exact) mass is 409 g/mol. The van der Waals surface area contributed by atoms with Crippen molar-refractivity contribution in [1.82, 2.24) is 9.80 Å². The van der Waals surface area contributed by atoms with Gasteiger partial charge in [-0.25, -0.2) is 4.79 Å². The van der Waals surface area contributed by atoms with Crippen LogP contribution >= 0.6 is 0 Å². The largest absolute Gasteiger partial charge is 0.445 e. The lowest BCUT2D eigenvalue weighted by Gasteiger charge is -2.44. The number of amides is 2. The molecule has 0 aliphatic carbocycles. The Morgan fingerprint density at radius 3 is 2.17 bits per heavy atom. The van der Waals surface area contributed by atoms with E-state index in [0.717, 1.165) is 22.4 Å². The fraction of sp³-hybridized carbons (Fsp3) is 0.417. The zero-order chi connectivity index (χ0) is 21.7. The number of nitrogens with zero attached hydrogens (tertiary/aromatic N) is 2. The average molecular weight is 410 g/mol. The van der Waals surface area contributed by atoms with Gasteiger partial charge in [-0.15, -0.1) is 0 Å². The molecule has 1 aliphatic rings. The molecule has 2 aromatic carbocycles. The van der Waals surface area contributed by atoms with Crippen molar-refractivity contribution < 1.29 is 14.3 Å². The van der Waals surface area contributed by atoms with Gasteiger partial charge in [0.2, 0.25) is 5.91 Å². The average Bonchev–Trinajstić information content (AvgIpc) is 2.75. The number of aryl methyl sites for hydroxylation is 2. The van der Waals surface area contributed by atoms with Gasteiger partial charge in [0.15, 0.2) is 0 Å². The van der Waals surface area contributed by atoms with E-state index in [9.17, 15) is 9.59 Å². The van der Waals surface area contributed by atoms with Crippen LogP contribution in [0.4, 0.5) is 10.5 Å². The summed E-state index contributed by atoms with van der Waals surface area (Å²) < 4.78 is 5.46. The second-order valence-electron chi connectivity index (χ2n) is 8.17. The Morgan fingerprint density at radius 1 is 1.00 bits per heavy atom. The van der Waals surface area contributed by atoms with Crippen molar-refractivity contribution in [2.75, 3.05) is 32.5 Å². The minimum atomic E-state index is -0.662. The summed E-state index contributed by atoms with van der Waals surface area (Å²) >= 11 is 0. The first-order valence-electron chi connectivity index (χ1n) is 10.3. The van der Waals surface area contributed by atoms with Crippen molar-refractivity contribution in [3.63, 3.8) is 0 Å². The molecule has 1 saturated heterocycles. The maximum Gasteiger partial charge on any atom is 0.410 e. The van der Waals surface area contributed by atoms with E-state index in [1.54, 1.807) is 4.90 Å². The number of anilines is 1. The molecule has 160 valence electrons. The standard InChI is InChI=1S/C24H31N3O3/c1-18-9-8-10-19(2)21(18)25-22(28)24(26(3)4)13-15-27(16-14-24)23(29)30-17-20-11-6-5-7-12-20/h5-12H,13-17H2,1-4H3,(H,25,28). The van der Waals surface area contributed by atoms with Gasteiger partial charge in [0.25, 0.3) is 0 Å². The molecule has 2 amide bonds. The van der Waals surface area contributed by atoms with Crippen LogP contribution in [0.2, 0.25) is 0 Å². The number of hydrogen-bond acceptors (Lipinski definition) is 4. The fourth-order valence-electron chi connectivity index (χ4n) is 3.99. The fourth-order valence-corrected chi connectivity index (χ4v) is 3.99. The van der Waals surface area contributed by atoms with Crippen molar-refractivity contribution in [3.8, 4) is 0 Å². The zero-order valence-electron chi connectivity index (χ0n) is 18.3. The Labute approximate surface area is 178 Å². The molecule has 6 nitrogen and oxygen atoms in total. The molecular formula is C24H31N3O3. The number of nitrogens with one attached hydrogen (secondary N) is 1. The van der Waals surface area contributed by atoms with Crippen LogP contribution in [-0.4, -0.2) is 54.5 Å². The molecule has 6 heteroatoms. The van der Waals surface area contributed by atoms with Gasteiger partial charge in [0.05, 0.1) is 0 Å². The van der Waals surface area contributed by atoms with E-state index in [1.165, 1.54) is 0 Å². The quantitative estimate of drug-likeness (QED) is 0.812. The number of carbonyl (C=O) groups excluding carboxylic acids is 2. The molecule has 3 rings (SSSR count). The van der Waals surface area contributed by atoms with Crippen LogP contribution in [0.5, 0.6) is 0 Å². The predicted molar refractivity (Wildman–Crippen MR) is 118 cm³/mol. The molecule has 0 atom stereocenters. The lowest BCUT2D eigenvalue weighted by Crippen LogP contribution is -2.60. The number of benzene rings is 2. The van der Waals surface area contributed by atoms with Gasteiger partial charge in [-0.1, -0.05) is 48.5 Å². The van der Waals surface area contributed by atoms with Crippen LogP contribution in [0.25, 0.3) is 0 Å². The number of likely N-dealkylation sites (tertiary alicyclic amines) is 1. The van der Waals surface area contributed by atoms with Gasteiger partial charge in [-0.3, -0.25) is 9.69 Å². The maximum atomic E-state index is 13.3. The highest BCUT2D eigenvalue weighted by atomic mass is 16.6. The Bertz CT molecular complexity index is 868. The topological polar surface area (TPSA) is 61.9 Å². The normalized spacial score (nSPS) is 15.7. The Kier molecular flexibility index (Phi) is 6.77. The van der Waals surface area contributed by atoms with Gasteiger partial charge < -0.3 is 15.0 Å². The predicted octanol–water partition coefficient (Wildman–Crippen LogP) is 3.97. The number of rotatable bonds is 5. The van der Waals surface area contributed by atoms with Gasteiger partial charge in [0.1, 0.15) is 12.1 Å². The number of carbonyl (C=O) groups is 2. The summed E-state index contributed by atoms with van der Waals surface area (Å²) in [6.07, 6.45) is 0.773. The van der Waals surface area contributed by atoms with Crippen molar-refractivity contribution in [3.05, 3.63) is 65.2 Å². The lowest BCUT2D eigenvalue weighted by molar-refractivity contribution is -0.129. The molecule has 0 saturated carbocycles. The SMILES string of the molecule is Cc1cccc(C)c1NC(=O)C1(N(C)C)CCN(C(=O)OCc2ccccc2)CC1. The van der Waals surface area contributed by atoms with Crippen LogP contribution in [0.15, 0.2) is 48.5 Å². The third-order valence-corrected chi connectivity index (χ3v) is 6.05. The van der Waals surface area contributed by atoms with Crippen LogP contribution in [-0.2, 0) is 16.1 Å². The molecule has 0 spiro atoms. The number of para-hydroxylation sites is 1. The van der Waals surface area contributed by atoms with E-state index >= 15 is 0 Å². The summed E-state index contributed by atoms with van der Waals surface area (Å²) in [4.78, 5) is 29.5. The molecule has 1 aliphatic heterocycles. The third kappa shape index (κ3) is 4.65. The number of ether oxygens (including phenoxy) is 1. The summed E-state index contributed by atoms with van der Waals surface area (Å²) in [5.74, 6) is -0.0257. The number of piperidine rings is 1. The van der Waals surface area contributed by atoms with E-state index in [1.807, 2.05) is 81.4 Å². The minimum Gasteiger partial charge on any atom is -0.445 e. The van der Waals surface area contributed by atoms with E-state index in [4.69, 9.17) is 4.74 Å². The van der Waals surface area contributed by atoms with E-state index in [-0.39, 0.29) is 18.6 Å². The van der Waals surface area contributed by atoms with Gasteiger partial charge >= 0.3 is 6.09 Å². The van der Waals surface area contributed by atoms with Gasteiger partial charge in [0, 0.05) is 18.8 Å². The van der Waals surface area contributed by atoms with Crippen molar-refractivity contribution in [1.29, 1.82) is 0 Å². The Morgan fingerprint density at radius 2 is 1.60 bits per heavy atom. The van der Waals surface area contributed by atoms with Gasteiger partial charge in [-0.05, 0) is 57.5 Å². The summed E-state index contributed by atoms with van der Waals surface area (Å²) in [6.45, 7) is 5.20. The van der Waals surface area contributed by atoms with Gasteiger partial charge in [-0.2, -0.15) is 0 Å². The Balaban J connectivity index is 1.63. The molecule has 2 aromatic rings. The molecule has 1 heterocycles. The van der Waals surface area contributed by atoms with Crippen LogP contribution < -0.4 is 5.32 Å². The molecule has 30 heavy (non-hydrogen) atoms. The summed E-state index contributed by atoms with van der Waals surface area (Å²) in [5, 5.41) is 3.15. The van der Waals surface area contributed by atoms with Crippen molar-refractivity contribution in [2.45, 2.75) is 38.8 Å². The molecule has 0 bridgehead atoms. The summed E-state index contributed by atoms with van der Waals surface area (Å²) in [5.41, 5.74) is 3.25. The van der Waals surface area contributed by atoms with Crippen molar-refractivity contribution >= 4 is 17.7 Å². The summed E-state index contributed by atoms with van der Waals surface area (Å²) in [6, 6.07) is 15.6. The Hall–Kier alpha value is -2.86. The highest BCUT2D eigenvalue weighted by molar-refractivity contribution is 5.99. The first-order chi connectivity index (χ1) is 14.3. The van der Waals surface area contributed by atoms with E-state index in [0.29, 0.717) is 25.9 Å². The molecule has 0 radical (unpaired) electrons. The molecular weight excluding hydrogens is 378 g/mol. The number of hydrogen-bond donors (Lipinski definition) is 1. The molecule has 0 unspecified atom stereocenters. The van der Waals surface area contributed by atoms with E-state index in [2.05, 4.69) is 5.32 Å². The highest BCUT2D eigenvalue weighted by Crippen LogP contribution is 2.30. The first kappa shape index (κ1) is 21.8. The molecule has 1 fully saturated rings. The third-order valence-electron chi connectivity index (χ3n) is 6.05. The van der Waals surface area contributed by atoms with Crippen molar-refractivity contribution in [2.24, 2.45) is 0 Å². The second kappa shape index (κ2) is 9.30. The van der Waals surface area contributed by atoms with E-state index < -0.39 is 5.54 Å². The molecule has 0 aromatic heterocycles. The highest BCUT2D eigenvalue weighted by Gasteiger charge is 2.44.